The molecule has 2 unspecified atom stereocenters. The molecule has 1 heterocycles. The second-order valence-electron chi connectivity index (χ2n) is 6.81. The minimum absolute atomic E-state index is 0.0908. The Morgan fingerprint density at radius 3 is 2.59 bits per heavy atom. The van der Waals surface area contributed by atoms with Crippen molar-refractivity contribution in [2.45, 2.75) is 39.2 Å². The first-order valence-electron chi connectivity index (χ1n) is 8.14. The van der Waals surface area contributed by atoms with Crippen molar-refractivity contribution in [1.82, 2.24) is 4.90 Å². The van der Waals surface area contributed by atoms with Crippen LogP contribution in [0.1, 0.15) is 32.3 Å². The topological polar surface area (TPSA) is 55.6 Å². The third kappa shape index (κ3) is 4.73. The van der Waals surface area contributed by atoms with Crippen LogP contribution in [0, 0.1) is 11.8 Å². The fraction of sp³-hybridized carbons (Fsp3) is 0.611. The normalized spacial score (nSPS) is 22.0. The van der Waals surface area contributed by atoms with Crippen molar-refractivity contribution >= 4 is 5.91 Å². The largest absolute Gasteiger partial charge is 0.497 e. The average molecular weight is 304 g/mol. The lowest BCUT2D eigenvalue weighted by Crippen LogP contribution is -2.50. The van der Waals surface area contributed by atoms with E-state index in [0.717, 1.165) is 25.1 Å². The zero-order valence-corrected chi connectivity index (χ0v) is 13.9. The Morgan fingerprint density at radius 1 is 1.32 bits per heavy atom. The molecule has 1 fully saturated rings. The number of rotatable bonds is 5. The zero-order chi connectivity index (χ0) is 16.1. The highest BCUT2D eigenvalue weighted by Gasteiger charge is 2.28. The molecule has 22 heavy (non-hydrogen) atoms. The van der Waals surface area contributed by atoms with Crippen LogP contribution in [0.2, 0.25) is 0 Å². The lowest BCUT2D eigenvalue weighted by Gasteiger charge is -2.37. The van der Waals surface area contributed by atoms with Gasteiger partial charge >= 0.3 is 0 Å². The maximum Gasteiger partial charge on any atom is 0.222 e. The van der Waals surface area contributed by atoms with Gasteiger partial charge in [-0.15, -0.1) is 0 Å². The summed E-state index contributed by atoms with van der Waals surface area (Å²) in [5.41, 5.74) is 7.44. The van der Waals surface area contributed by atoms with E-state index < -0.39 is 0 Å². The minimum Gasteiger partial charge on any atom is -0.497 e. The Morgan fingerprint density at radius 2 is 2.00 bits per heavy atom. The monoisotopic (exact) mass is 304 g/mol. The summed E-state index contributed by atoms with van der Waals surface area (Å²) in [5, 5.41) is 0. The third-order valence-electron chi connectivity index (χ3n) is 4.19. The highest BCUT2D eigenvalue weighted by atomic mass is 16.5. The van der Waals surface area contributed by atoms with Crippen molar-refractivity contribution < 1.29 is 9.53 Å². The van der Waals surface area contributed by atoms with Crippen LogP contribution >= 0.6 is 0 Å². The van der Waals surface area contributed by atoms with Crippen LogP contribution in [-0.2, 0) is 11.2 Å². The van der Waals surface area contributed by atoms with Crippen molar-refractivity contribution in [2.24, 2.45) is 17.6 Å². The van der Waals surface area contributed by atoms with E-state index in [4.69, 9.17) is 10.5 Å². The van der Waals surface area contributed by atoms with Gasteiger partial charge in [-0.2, -0.15) is 0 Å². The first-order valence-corrected chi connectivity index (χ1v) is 8.14. The van der Waals surface area contributed by atoms with Crippen molar-refractivity contribution in [3.05, 3.63) is 29.8 Å². The molecule has 1 aliphatic rings. The van der Waals surface area contributed by atoms with Gasteiger partial charge < -0.3 is 15.4 Å². The third-order valence-corrected chi connectivity index (χ3v) is 4.19. The van der Waals surface area contributed by atoms with E-state index in [1.54, 1.807) is 7.11 Å². The van der Waals surface area contributed by atoms with Gasteiger partial charge in [0, 0.05) is 25.6 Å². The van der Waals surface area contributed by atoms with Crippen LogP contribution in [0.15, 0.2) is 24.3 Å². The summed E-state index contributed by atoms with van der Waals surface area (Å²) in [4.78, 5) is 14.3. The molecule has 0 bridgehead atoms. The number of methoxy groups -OCH3 is 1. The second-order valence-corrected chi connectivity index (χ2v) is 6.81. The Labute approximate surface area is 133 Å². The Bertz CT molecular complexity index is 484. The van der Waals surface area contributed by atoms with Crippen LogP contribution in [0.4, 0.5) is 0 Å². The van der Waals surface area contributed by atoms with E-state index in [1.165, 1.54) is 5.56 Å². The predicted molar refractivity (Wildman–Crippen MR) is 88.8 cm³/mol. The maximum atomic E-state index is 12.3. The summed E-state index contributed by atoms with van der Waals surface area (Å²) in [6.07, 6.45) is 2.56. The minimum atomic E-state index is 0.0908. The molecule has 0 radical (unpaired) electrons. The summed E-state index contributed by atoms with van der Waals surface area (Å²) in [5.74, 6) is 1.95. The van der Waals surface area contributed by atoms with Crippen molar-refractivity contribution in [1.29, 1.82) is 0 Å². The van der Waals surface area contributed by atoms with Gasteiger partial charge in [0.05, 0.1) is 7.11 Å². The van der Waals surface area contributed by atoms with Crippen LogP contribution in [-0.4, -0.2) is 37.0 Å². The smallest absolute Gasteiger partial charge is 0.222 e. The van der Waals surface area contributed by atoms with Crippen LogP contribution < -0.4 is 10.5 Å². The summed E-state index contributed by atoms with van der Waals surface area (Å²) < 4.78 is 5.19. The average Bonchev–Trinajstić information content (AvgIpc) is 2.46. The number of nitrogens with two attached hydrogens (primary N) is 1. The zero-order valence-electron chi connectivity index (χ0n) is 13.9. The van der Waals surface area contributed by atoms with Crippen LogP contribution in [0.25, 0.3) is 0 Å². The molecule has 0 aliphatic carbocycles. The van der Waals surface area contributed by atoms with Gasteiger partial charge in [-0.25, -0.2) is 0 Å². The number of ether oxygens (including phenoxy) is 1. The summed E-state index contributed by atoms with van der Waals surface area (Å²) in [7, 11) is 1.67. The number of nitrogens with zero attached hydrogens (tertiary/aromatic N) is 1. The number of carbonyl (C=O) groups excluding carboxylic acids is 1. The lowest BCUT2D eigenvalue weighted by atomic mass is 9.88. The molecule has 1 aromatic rings. The Kier molecular flexibility index (Phi) is 5.83. The molecule has 2 rings (SSSR count). The van der Waals surface area contributed by atoms with Crippen LogP contribution in [0.3, 0.4) is 0 Å². The van der Waals surface area contributed by atoms with E-state index in [9.17, 15) is 4.79 Å². The SMILES string of the molecule is COc1ccc(CC2CC(N)CN(C(=O)CC(C)C)C2)cc1. The van der Waals surface area contributed by atoms with Crippen molar-refractivity contribution in [3.63, 3.8) is 0 Å². The summed E-state index contributed by atoms with van der Waals surface area (Å²) >= 11 is 0. The molecule has 0 saturated carbocycles. The van der Waals surface area contributed by atoms with E-state index in [2.05, 4.69) is 26.0 Å². The van der Waals surface area contributed by atoms with Gasteiger partial charge in [-0.3, -0.25) is 4.79 Å². The molecule has 2 N–H and O–H groups in total. The van der Waals surface area contributed by atoms with Gasteiger partial charge in [-0.1, -0.05) is 26.0 Å². The molecule has 2 atom stereocenters. The first-order chi connectivity index (χ1) is 10.5. The summed E-state index contributed by atoms with van der Waals surface area (Å²) in [6.45, 7) is 5.68. The van der Waals surface area contributed by atoms with Gasteiger partial charge in [0.2, 0.25) is 5.91 Å². The molecule has 4 nitrogen and oxygen atoms in total. The predicted octanol–water partition coefficient (Wildman–Crippen LogP) is 2.46. The fourth-order valence-electron chi connectivity index (χ4n) is 3.17. The summed E-state index contributed by atoms with van der Waals surface area (Å²) in [6, 6.07) is 8.26. The van der Waals surface area contributed by atoms with E-state index in [1.807, 2.05) is 17.0 Å². The highest BCUT2D eigenvalue weighted by Crippen LogP contribution is 2.23. The quantitative estimate of drug-likeness (QED) is 0.909. The molecule has 0 spiro atoms. The molecule has 1 amide bonds. The van der Waals surface area contributed by atoms with E-state index in [-0.39, 0.29) is 11.9 Å². The highest BCUT2D eigenvalue weighted by molar-refractivity contribution is 5.76. The number of hydrogen-bond acceptors (Lipinski definition) is 3. The number of piperidine rings is 1. The van der Waals surface area contributed by atoms with Crippen molar-refractivity contribution in [2.75, 3.05) is 20.2 Å². The van der Waals surface area contributed by atoms with Crippen molar-refractivity contribution in [3.8, 4) is 5.75 Å². The number of likely N-dealkylation sites (tertiary alicyclic amines) is 1. The second kappa shape index (κ2) is 7.63. The molecule has 1 aromatic carbocycles. The fourth-order valence-corrected chi connectivity index (χ4v) is 3.17. The number of hydrogen-bond donors (Lipinski definition) is 1. The van der Waals surface area contributed by atoms with Crippen LogP contribution in [0.5, 0.6) is 5.75 Å². The number of benzene rings is 1. The van der Waals surface area contributed by atoms with Gasteiger partial charge in [0.1, 0.15) is 5.75 Å². The lowest BCUT2D eigenvalue weighted by molar-refractivity contribution is -0.134. The molecule has 0 aromatic heterocycles. The first kappa shape index (κ1) is 16.8. The Balaban J connectivity index is 1.96. The number of amides is 1. The van der Waals surface area contributed by atoms with Gasteiger partial charge in [0.25, 0.3) is 0 Å². The molecular weight excluding hydrogens is 276 g/mol. The van der Waals surface area contributed by atoms with Gasteiger partial charge in [0.15, 0.2) is 0 Å². The molecule has 1 aliphatic heterocycles. The maximum absolute atomic E-state index is 12.3. The standard InChI is InChI=1S/C18H28N2O2/c1-13(2)8-18(21)20-11-15(10-16(19)12-20)9-14-4-6-17(22-3)7-5-14/h4-7,13,15-16H,8-12,19H2,1-3H3. The molecule has 4 heteroatoms. The van der Waals surface area contributed by atoms with Gasteiger partial charge in [-0.05, 0) is 42.4 Å². The molecular formula is C18H28N2O2. The molecule has 1 saturated heterocycles. The number of carbonyl (C=O) groups is 1. The molecule has 122 valence electrons. The van der Waals surface area contributed by atoms with E-state index >= 15 is 0 Å². The Hall–Kier alpha value is -1.55. The van der Waals surface area contributed by atoms with E-state index in [0.29, 0.717) is 24.8 Å².